The van der Waals surface area contributed by atoms with E-state index in [9.17, 15) is 0 Å². The number of thioether (sulfide) groups is 1. The SMILES string of the molecule is CCCCCCCSCCC[Si](C)(C)OCCC. The molecule has 0 spiro atoms. The Hall–Kier alpha value is 0.527. The molecule has 0 N–H and O–H groups in total. The van der Waals surface area contributed by atoms with Crippen molar-refractivity contribution in [2.24, 2.45) is 0 Å². The Balaban J connectivity index is 3.23. The zero-order valence-corrected chi connectivity index (χ0v) is 14.9. The summed E-state index contributed by atoms with van der Waals surface area (Å²) >= 11 is 2.14. The second kappa shape index (κ2) is 12.6. The highest BCUT2D eigenvalue weighted by Crippen LogP contribution is 2.17. The lowest BCUT2D eigenvalue weighted by Gasteiger charge is -2.22. The van der Waals surface area contributed by atoms with Gasteiger partial charge in [0, 0.05) is 6.61 Å². The minimum atomic E-state index is -1.32. The van der Waals surface area contributed by atoms with Crippen LogP contribution in [0.25, 0.3) is 0 Å². The third-order valence-corrected chi connectivity index (χ3v) is 6.85. The fraction of sp³-hybridized carbons (Fsp3) is 1.00. The first-order chi connectivity index (χ1) is 8.62. The number of hydrogen-bond donors (Lipinski definition) is 0. The molecule has 0 rings (SSSR count). The maximum Gasteiger partial charge on any atom is 0.186 e. The summed E-state index contributed by atoms with van der Waals surface area (Å²) < 4.78 is 5.98. The maximum atomic E-state index is 5.98. The van der Waals surface area contributed by atoms with Gasteiger partial charge in [-0.25, -0.2) is 0 Å². The molecule has 0 fully saturated rings. The zero-order valence-electron chi connectivity index (χ0n) is 13.1. The van der Waals surface area contributed by atoms with Gasteiger partial charge in [-0.15, -0.1) is 0 Å². The molecule has 0 aliphatic rings. The van der Waals surface area contributed by atoms with Crippen LogP contribution in [-0.2, 0) is 4.43 Å². The van der Waals surface area contributed by atoms with Gasteiger partial charge in [0.1, 0.15) is 0 Å². The van der Waals surface area contributed by atoms with E-state index < -0.39 is 8.32 Å². The van der Waals surface area contributed by atoms with Crippen molar-refractivity contribution in [1.29, 1.82) is 0 Å². The third kappa shape index (κ3) is 13.0. The molecule has 0 aliphatic carbocycles. The Kier molecular flexibility index (Phi) is 12.9. The van der Waals surface area contributed by atoms with Crippen LogP contribution in [-0.4, -0.2) is 26.4 Å². The molecule has 0 radical (unpaired) electrons. The highest BCUT2D eigenvalue weighted by atomic mass is 32.2. The van der Waals surface area contributed by atoms with Crippen molar-refractivity contribution >= 4 is 20.1 Å². The van der Waals surface area contributed by atoms with Crippen LogP contribution in [0.3, 0.4) is 0 Å². The van der Waals surface area contributed by atoms with E-state index in [4.69, 9.17) is 4.43 Å². The molecule has 3 heteroatoms. The van der Waals surface area contributed by atoms with Crippen LogP contribution >= 0.6 is 11.8 Å². The summed E-state index contributed by atoms with van der Waals surface area (Å²) in [6.45, 7) is 10.2. The molecule has 0 bridgehead atoms. The molecule has 0 saturated heterocycles. The molecule has 0 aromatic carbocycles. The fourth-order valence-electron chi connectivity index (χ4n) is 1.96. The lowest BCUT2D eigenvalue weighted by molar-refractivity contribution is 0.306. The van der Waals surface area contributed by atoms with Crippen molar-refractivity contribution in [3.63, 3.8) is 0 Å². The lowest BCUT2D eigenvalue weighted by Crippen LogP contribution is -2.30. The van der Waals surface area contributed by atoms with Crippen LogP contribution in [0.1, 0.15) is 58.8 Å². The molecule has 0 atom stereocenters. The predicted molar refractivity (Wildman–Crippen MR) is 89.2 cm³/mol. The molecule has 0 unspecified atom stereocenters. The second-order valence-corrected chi connectivity index (χ2v) is 11.3. The first-order valence-electron chi connectivity index (χ1n) is 7.84. The van der Waals surface area contributed by atoms with Gasteiger partial charge in [0.05, 0.1) is 0 Å². The van der Waals surface area contributed by atoms with E-state index in [2.05, 4.69) is 38.7 Å². The highest BCUT2D eigenvalue weighted by Gasteiger charge is 2.20. The standard InChI is InChI=1S/C15H34OSSi/c1-5-7-8-9-10-13-17-14-11-15-18(3,4)16-12-6-2/h5-15H2,1-4H3. The molecule has 110 valence electrons. The van der Waals surface area contributed by atoms with Crippen molar-refractivity contribution in [3.05, 3.63) is 0 Å². The van der Waals surface area contributed by atoms with E-state index in [1.807, 2.05) is 0 Å². The summed E-state index contributed by atoms with van der Waals surface area (Å²) in [5.74, 6) is 2.70. The Morgan fingerprint density at radius 3 is 2.17 bits per heavy atom. The zero-order chi connectivity index (χ0) is 13.7. The second-order valence-electron chi connectivity index (χ2n) is 5.74. The molecule has 0 amide bonds. The van der Waals surface area contributed by atoms with Crippen LogP contribution in [0.15, 0.2) is 0 Å². The van der Waals surface area contributed by atoms with Crippen LogP contribution in [0.4, 0.5) is 0 Å². The molecule has 0 aromatic heterocycles. The molecule has 0 aliphatic heterocycles. The van der Waals surface area contributed by atoms with Gasteiger partial charge in [0.25, 0.3) is 0 Å². The van der Waals surface area contributed by atoms with Crippen LogP contribution in [0, 0.1) is 0 Å². The Morgan fingerprint density at radius 1 is 0.833 bits per heavy atom. The van der Waals surface area contributed by atoms with E-state index in [0.717, 1.165) is 13.0 Å². The fourth-order valence-corrected chi connectivity index (χ4v) is 5.11. The van der Waals surface area contributed by atoms with E-state index in [1.165, 1.54) is 56.1 Å². The molecular formula is C15H34OSSi. The summed E-state index contributed by atoms with van der Waals surface area (Å²) in [6, 6.07) is 1.33. The lowest BCUT2D eigenvalue weighted by atomic mass is 10.2. The molecule has 18 heavy (non-hydrogen) atoms. The van der Waals surface area contributed by atoms with Gasteiger partial charge in [-0.2, -0.15) is 11.8 Å². The minimum Gasteiger partial charge on any atom is -0.417 e. The maximum absolute atomic E-state index is 5.98. The average Bonchev–Trinajstić information content (AvgIpc) is 2.34. The Morgan fingerprint density at radius 2 is 1.50 bits per heavy atom. The van der Waals surface area contributed by atoms with E-state index in [1.54, 1.807) is 0 Å². The largest absolute Gasteiger partial charge is 0.417 e. The first-order valence-corrected chi connectivity index (χ1v) is 12.1. The molecule has 0 heterocycles. The van der Waals surface area contributed by atoms with Gasteiger partial charge in [-0.1, -0.05) is 39.5 Å². The summed E-state index contributed by atoms with van der Waals surface area (Å²) in [6.07, 6.45) is 9.55. The van der Waals surface area contributed by atoms with Crippen LogP contribution in [0.5, 0.6) is 0 Å². The van der Waals surface area contributed by atoms with Gasteiger partial charge in [-0.05, 0) is 49.9 Å². The number of unbranched alkanes of at least 4 members (excludes halogenated alkanes) is 4. The summed E-state index contributed by atoms with van der Waals surface area (Å²) in [4.78, 5) is 0. The van der Waals surface area contributed by atoms with E-state index in [-0.39, 0.29) is 0 Å². The summed E-state index contributed by atoms with van der Waals surface area (Å²) in [7, 11) is -1.32. The average molecular weight is 291 g/mol. The summed E-state index contributed by atoms with van der Waals surface area (Å²) in [5, 5.41) is 0. The smallest absolute Gasteiger partial charge is 0.186 e. The van der Waals surface area contributed by atoms with Gasteiger partial charge in [0.15, 0.2) is 8.32 Å². The Labute approximate surface area is 121 Å². The topological polar surface area (TPSA) is 9.23 Å². The minimum absolute atomic E-state index is 0.962. The molecule has 1 nitrogen and oxygen atoms in total. The van der Waals surface area contributed by atoms with Gasteiger partial charge in [0.2, 0.25) is 0 Å². The monoisotopic (exact) mass is 290 g/mol. The quantitative estimate of drug-likeness (QED) is 0.317. The molecule has 0 saturated carbocycles. The van der Waals surface area contributed by atoms with Crippen molar-refractivity contribution in [2.45, 2.75) is 77.9 Å². The van der Waals surface area contributed by atoms with Crippen molar-refractivity contribution in [3.8, 4) is 0 Å². The third-order valence-electron chi connectivity index (χ3n) is 3.16. The van der Waals surface area contributed by atoms with Crippen molar-refractivity contribution in [2.75, 3.05) is 18.1 Å². The normalized spacial score (nSPS) is 12.0. The molecular weight excluding hydrogens is 256 g/mol. The van der Waals surface area contributed by atoms with Gasteiger partial charge < -0.3 is 4.43 Å². The number of hydrogen-bond acceptors (Lipinski definition) is 2. The van der Waals surface area contributed by atoms with Crippen LogP contribution < -0.4 is 0 Å². The van der Waals surface area contributed by atoms with E-state index in [0.29, 0.717) is 0 Å². The van der Waals surface area contributed by atoms with Crippen molar-refractivity contribution < 1.29 is 4.43 Å². The van der Waals surface area contributed by atoms with Crippen LogP contribution in [0.2, 0.25) is 19.1 Å². The summed E-state index contributed by atoms with van der Waals surface area (Å²) in [5.41, 5.74) is 0. The predicted octanol–water partition coefficient (Wildman–Crippen LogP) is 5.71. The number of rotatable bonds is 13. The van der Waals surface area contributed by atoms with Gasteiger partial charge in [-0.3, -0.25) is 0 Å². The van der Waals surface area contributed by atoms with Crippen molar-refractivity contribution in [1.82, 2.24) is 0 Å². The first kappa shape index (κ1) is 18.5. The Bertz CT molecular complexity index is 174. The molecule has 0 aromatic rings. The van der Waals surface area contributed by atoms with Gasteiger partial charge >= 0.3 is 0 Å². The highest BCUT2D eigenvalue weighted by molar-refractivity contribution is 7.99. The van der Waals surface area contributed by atoms with E-state index >= 15 is 0 Å².